The highest BCUT2D eigenvalue weighted by atomic mass is 16.5. The summed E-state index contributed by atoms with van der Waals surface area (Å²) in [5.41, 5.74) is 4.10. The lowest BCUT2D eigenvalue weighted by Gasteiger charge is -2.17. The number of carbonyl (C=O) groups excluding carboxylic acids is 1. The number of aromatic nitrogens is 1. The van der Waals surface area contributed by atoms with Gasteiger partial charge >= 0.3 is 0 Å². The van der Waals surface area contributed by atoms with Crippen LogP contribution < -0.4 is 9.47 Å². The maximum atomic E-state index is 12.8. The zero-order valence-electron chi connectivity index (χ0n) is 16.3. The van der Waals surface area contributed by atoms with Gasteiger partial charge in [-0.05, 0) is 36.7 Å². The third-order valence-corrected chi connectivity index (χ3v) is 4.80. The van der Waals surface area contributed by atoms with Crippen molar-refractivity contribution in [1.82, 2.24) is 9.88 Å². The molecule has 27 heavy (non-hydrogen) atoms. The first kappa shape index (κ1) is 19.0. The Morgan fingerprint density at radius 3 is 2.59 bits per heavy atom. The number of nitrogens with zero attached hydrogens (tertiary/aromatic N) is 1. The van der Waals surface area contributed by atoms with E-state index in [0.717, 1.165) is 28.5 Å². The first-order valence-electron chi connectivity index (χ1n) is 9.09. The van der Waals surface area contributed by atoms with Crippen molar-refractivity contribution < 1.29 is 14.3 Å². The Morgan fingerprint density at radius 1 is 1.11 bits per heavy atom. The number of methoxy groups -OCH3 is 2. The molecule has 3 rings (SSSR count). The molecule has 1 heterocycles. The number of hydrogen-bond acceptors (Lipinski definition) is 4. The lowest BCUT2D eigenvalue weighted by atomic mass is 10.0. The van der Waals surface area contributed by atoms with Gasteiger partial charge in [0, 0.05) is 29.2 Å². The maximum Gasteiger partial charge on any atom is 0.178 e. The van der Waals surface area contributed by atoms with E-state index in [1.54, 1.807) is 14.2 Å². The second-order valence-corrected chi connectivity index (χ2v) is 6.68. The maximum absolute atomic E-state index is 12.8. The summed E-state index contributed by atoms with van der Waals surface area (Å²) >= 11 is 0. The van der Waals surface area contributed by atoms with Crippen LogP contribution in [0.1, 0.15) is 28.4 Å². The molecule has 0 bridgehead atoms. The molecule has 3 aromatic rings. The predicted octanol–water partition coefficient (Wildman–Crippen LogP) is 4.06. The van der Waals surface area contributed by atoms with E-state index in [1.165, 1.54) is 5.56 Å². The molecule has 5 heteroatoms. The van der Waals surface area contributed by atoms with Crippen LogP contribution in [0.5, 0.6) is 11.5 Å². The standard InChI is InChI=1S/C22H26N2O3/c1-5-16-7-6-8-17-18(12-23-22(16)17)19(25)14-24(2)13-15-9-10-20(26-3)21(11-15)27-4/h6-12,23H,5,13-14H2,1-4H3. The number of likely N-dealkylation sites (N-methyl/N-ethyl adjacent to an activating group) is 1. The molecular weight excluding hydrogens is 340 g/mol. The summed E-state index contributed by atoms with van der Waals surface area (Å²) in [5, 5.41) is 0.999. The lowest BCUT2D eigenvalue weighted by molar-refractivity contribution is 0.0944. The number of nitrogens with one attached hydrogen (secondary N) is 1. The van der Waals surface area contributed by atoms with Gasteiger partial charge in [-0.1, -0.05) is 31.2 Å². The molecule has 0 aliphatic carbocycles. The van der Waals surface area contributed by atoms with Crippen molar-refractivity contribution in [1.29, 1.82) is 0 Å². The van der Waals surface area contributed by atoms with Crippen LogP contribution in [0.25, 0.3) is 10.9 Å². The molecule has 142 valence electrons. The molecule has 1 aromatic heterocycles. The molecule has 0 radical (unpaired) electrons. The fourth-order valence-corrected chi connectivity index (χ4v) is 3.42. The highest BCUT2D eigenvalue weighted by Crippen LogP contribution is 2.28. The summed E-state index contributed by atoms with van der Waals surface area (Å²) in [4.78, 5) is 18.1. The molecule has 0 aliphatic heterocycles. The molecule has 0 spiro atoms. The van der Waals surface area contributed by atoms with Gasteiger partial charge in [0.2, 0.25) is 0 Å². The van der Waals surface area contributed by atoms with E-state index in [2.05, 4.69) is 18.0 Å². The third kappa shape index (κ3) is 3.98. The monoisotopic (exact) mass is 366 g/mol. The average molecular weight is 366 g/mol. The first-order valence-corrected chi connectivity index (χ1v) is 9.09. The molecule has 0 unspecified atom stereocenters. The zero-order valence-corrected chi connectivity index (χ0v) is 16.3. The Bertz CT molecular complexity index is 946. The minimum absolute atomic E-state index is 0.109. The number of benzene rings is 2. The minimum atomic E-state index is 0.109. The summed E-state index contributed by atoms with van der Waals surface area (Å²) in [6.07, 6.45) is 2.76. The van der Waals surface area contributed by atoms with Crippen LogP contribution in [0.4, 0.5) is 0 Å². The van der Waals surface area contributed by atoms with Crippen molar-refractivity contribution in [2.24, 2.45) is 0 Å². The number of fused-ring (bicyclic) bond motifs is 1. The van der Waals surface area contributed by atoms with Gasteiger partial charge in [-0.25, -0.2) is 0 Å². The van der Waals surface area contributed by atoms with Crippen molar-refractivity contribution in [2.45, 2.75) is 19.9 Å². The summed E-state index contributed by atoms with van der Waals surface area (Å²) in [7, 11) is 5.19. The number of hydrogen-bond donors (Lipinski definition) is 1. The van der Waals surface area contributed by atoms with Gasteiger partial charge in [0.05, 0.1) is 20.8 Å². The molecule has 0 amide bonds. The number of H-pyrrole nitrogens is 1. The van der Waals surface area contributed by atoms with Crippen molar-refractivity contribution >= 4 is 16.7 Å². The molecule has 0 atom stereocenters. The highest BCUT2D eigenvalue weighted by molar-refractivity contribution is 6.09. The third-order valence-electron chi connectivity index (χ3n) is 4.80. The summed E-state index contributed by atoms with van der Waals surface area (Å²) in [5.74, 6) is 1.50. The van der Waals surface area contributed by atoms with E-state index >= 15 is 0 Å². The number of carbonyl (C=O) groups is 1. The molecule has 0 fully saturated rings. The number of para-hydroxylation sites is 1. The van der Waals surface area contributed by atoms with Crippen molar-refractivity contribution in [3.05, 3.63) is 59.3 Å². The van der Waals surface area contributed by atoms with Crippen LogP contribution in [0, 0.1) is 0 Å². The molecule has 1 N–H and O–H groups in total. The second-order valence-electron chi connectivity index (χ2n) is 6.68. The largest absolute Gasteiger partial charge is 0.493 e. The Morgan fingerprint density at radius 2 is 1.89 bits per heavy atom. The van der Waals surface area contributed by atoms with Crippen molar-refractivity contribution in [3.8, 4) is 11.5 Å². The van der Waals surface area contributed by atoms with E-state index in [9.17, 15) is 4.79 Å². The van der Waals surface area contributed by atoms with E-state index in [0.29, 0.717) is 24.6 Å². The van der Waals surface area contributed by atoms with E-state index < -0.39 is 0 Å². The minimum Gasteiger partial charge on any atom is -0.493 e. The summed E-state index contributed by atoms with van der Waals surface area (Å²) < 4.78 is 10.6. The number of aryl methyl sites for hydroxylation is 1. The fourth-order valence-electron chi connectivity index (χ4n) is 3.42. The number of ketones is 1. The molecule has 5 nitrogen and oxygen atoms in total. The van der Waals surface area contributed by atoms with E-state index in [4.69, 9.17) is 9.47 Å². The Hall–Kier alpha value is -2.79. The van der Waals surface area contributed by atoms with Crippen LogP contribution >= 0.6 is 0 Å². The smallest absolute Gasteiger partial charge is 0.178 e. The SMILES string of the molecule is CCc1cccc2c(C(=O)CN(C)Cc3ccc(OC)c(OC)c3)c[nH]c12. The van der Waals surface area contributed by atoms with Crippen molar-refractivity contribution in [3.63, 3.8) is 0 Å². The topological polar surface area (TPSA) is 54.6 Å². The van der Waals surface area contributed by atoms with Gasteiger partial charge in [-0.3, -0.25) is 9.69 Å². The number of aromatic amines is 1. The Balaban J connectivity index is 1.73. The number of Topliss-reactive ketones (excluding diaryl/α,β-unsaturated/α-hetero) is 1. The van der Waals surface area contributed by atoms with Gasteiger partial charge in [0.25, 0.3) is 0 Å². The molecule has 0 saturated carbocycles. The highest BCUT2D eigenvalue weighted by Gasteiger charge is 2.16. The number of ether oxygens (including phenoxy) is 2. The molecule has 0 aliphatic rings. The molecule has 2 aromatic carbocycles. The predicted molar refractivity (Wildman–Crippen MR) is 108 cm³/mol. The van der Waals surface area contributed by atoms with Crippen LogP contribution in [0.3, 0.4) is 0 Å². The summed E-state index contributed by atoms with van der Waals surface area (Å²) in [6, 6.07) is 11.9. The van der Waals surface area contributed by atoms with Gasteiger partial charge in [0.1, 0.15) is 0 Å². The van der Waals surface area contributed by atoms with E-state index in [1.807, 2.05) is 48.5 Å². The fraction of sp³-hybridized carbons (Fsp3) is 0.318. The second kappa shape index (κ2) is 8.27. The summed E-state index contributed by atoms with van der Waals surface area (Å²) in [6.45, 7) is 3.11. The van der Waals surface area contributed by atoms with Crippen LogP contribution in [-0.4, -0.2) is 43.5 Å². The van der Waals surface area contributed by atoms with Gasteiger partial charge in [0.15, 0.2) is 17.3 Å². The van der Waals surface area contributed by atoms with Gasteiger partial charge in [-0.15, -0.1) is 0 Å². The van der Waals surface area contributed by atoms with Gasteiger partial charge in [-0.2, -0.15) is 0 Å². The Labute approximate surface area is 159 Å². The average Bonchev–Trinajstić information content (AvgIpc) is 3.12. The normalized spacial score (nSPS) is 11.1. The molecular formula is C22H26N2O3. The number of rotatable bonds is 8. The Kier molecular flexibility index (Phi) is 5.81. The van der Waals surface area contributed by atoms with Crippen LogP contribution in [0.2, 0.25) is 0 Å². The van der Waals surface area contributed by atoms with Crippen LogP contribution in [0.15, 0.2) is 42.6 Å². The van der Waals surface area contributed by atoms with Crippen LogP contribution in [-0.2, 0) is 13.0 Å². The van der Waals surface area contributed by atoms with E-state index in [-0.39, 0.29) is 5.78 Å². The molecule has 0 saturated heterocycles. The quantitative estimate of drug-likeness (QED) is 0.611. The van der Waals surface area contributed by atoms with Gasteiger partial charge < -0.3 is 14.5 Å². The zero-order chi connectivity index (χ0) is 19.4. The lowest BCUT2D eigenvalue weighted by Crippen LogP contribution is -2.25. The van der Waals surface area contributed by atoms with Crippen molar-refractivity contribution in [2.75, 3.05) is 27.8 Å². The first-order chi connectivity index (χ1) is 13.1.